The van der Waals surface area contributed by atoms with E-state index in [-0.39, 0.29) is 12.7 Å². The lowest BCUT2D eigenvalue weighted by atomic mass is 10.1. The summed E-state index contributed by atoms with van der Waals surface area (Å²) in [7, 11) is 0. The maximum Gasteiger partial charge on any atom is 0.232 e. The molecule has 0 radical (unpaired) electrons. The molecule has 0 atom stereocenters. The molecule has 4 rings (SSSR count). The zero-order chi connectivity index (χ0) is 17.2. The summed E-state index contributed by atoms with van der Waals surface area (Å²) < 4.78 is 10.8. The van der Waals surface area contributed by atoms with E-state index in [0.717, 1.165) is 36.8 Å². The van der Waals surface area contributed by atoms with Crippen molar-refractivity contribution in [1.82, 2.24) is 9.88 Å². The predicted molar refractivity (Wildman–Crippen MR) is 93.7 cm³/mol. The number of hydrogen-bond acceptors (Lipinski definition) is 6. The van der Waals surface area contributed by atoms with Gasteiger partial charge in [0.2, 0.25) is 12.7 Å². The highest BCUT2D eigenvalue weighted by atomic mass is 32.2. The Morgan fingerprint density at radius 1 is 1.20 bits per heavy atom. The number of likely N-dealkylation sites (tertiary alicyclic amines) is 1. The molecule has 128 valence electrons. The second-order valence-corrected chi connectivity index (χ2v) is 7.05. The van der Waals surface area contributed by atoms with Gasteiger partial charge in [-0.2, -0.15) is 5.26 Å². The van der Waals surface area contributed by atoms with Crippen LogP contribution in [0.3, 0.4) is 0 Å². The maximum atomic E-state index is 12.3. The van der Waals surface area contributed by atoms with Crippen LogP contribution in [-0.4, -0.2) is 41.4 Å². The van der Waals surface area contributed by atoms with E-state index in [1.807, 2.05) is 17.0 Å². The van der Waals surface area contributed by atoms with Crippen molar-refractivity contribution in [2.45, 2.75) is 24.3 Å². The van der Waals surface area contributed by atoms with E-state index in [9.17, 15) is 10.1 Å². The number of nitrogens with zero attached hydrogens (tertiary/aromatic N) is 3. The van der Waals surface area contributed by atoms with Crippen molar-refractivity contribution in [3.63, 3.8) is 0 Å². The Kier molecular flexibility index (Phi) is 4.36. The highest BCUT2D eigenvalue weighted by molar-refractivity contribution is 8.00. The number of rotatable bonds is 3. The SMILES string of the molecule is N#Cc1cc2cc3c(cc2nc1SCC(=O)N1CCCCC1)OCO3. The smallest absolute Gasteiger partial charge is 0.232 e. The molecule has 0 saturated carbocycles. The van der Waals surface area contributed by atoms with Crippen molar-refractivity contribution < 1.29 is 14.3 Å². The lowest BCUT2D eigenvalue weighted by Crippen LogP contribution is -2.36. The minimum Gasteiger partial charge on any atom is -0.454 e. The van der Waals surface area contributed by atoms with Crippen molar-refractivity contribution >= 4 is 28.6 Å². The van der Waals surface area contributed by atoms with E-state index < -0.39 is 0 Å². The summed E-state index contributed by atoms with van der Waals surface area (Å²) in [6.45, 7) is 1.86. The van der Waals surface area contributed by atoms with Crippen LogP contribution in [0.25, 0.3) is 10.9 Å². The first kappa shape index (κ1) is 16.0. The van der Waals surface area contributed by atoms with E-state index in [1.54, 1.807) is 6.07 Å². The fourth-order valence-electron chi connectivity index (χ4n) is 3.10. The Hall–Kier alpha value is -2.46. The fraction of sp³-hybridized carbons (Fsp3) is 0.389. The Bertz CT molecular complexity index is 872. The molecule has 0 N–H and O–H groups in total. The Balaban J connectivity index is 1.57. The second kappa shape index (κ2) is 6.81. The van der Waals surface area contributed by atoms with Gasteiger partial charge < -0.3 is 14.4 Å². The van der Waals surface area contributed by atoms with Gasteiger partial charge in [0.15, 0.2) is 11.5 Å². The van der Waals surface area contributed by atoms with Crippen molar-refractivity contribution in [1.29, 1.82) is 5.26 Å². The standard InChI is InChI=1S/C18H17N3O3S/c19-9-13-6-12-7-15-16(24-11-23-15)8-14(12)20-18(13)25-10-17(22)21-4-2-1-3-5-21/h6-8H,1-5,10-11H2. The highest BCUT2D eigenvalue weighted by Crippen LogP contribution is 2.37. The quantitative estimate of drug-likeness (QED) is 0.788. The number of nitriles is 1. The van der Waals surface area contributed by atoms with Crippen LogP contribution in [0.1, 0.15) is 24.8 Å². The van der Waals surface area contributed by atoms with E-state index in [2.05, 4.69) is 11.1 Å². The van der Waals surface area contributed by atoms with E-state index >= 15 is 0 Å². The molecule has 0 bridgehead atoms. The summed E-state index contributed by atoms with van der Waals surface area (Å²) in [5.41, 5.74) is 1.21. The topological polar surface area (TPSA) is 75.5 Å². The maximum absolute atomic E-state index is 12.3. The molecule has 7 heteroatoms. The summed E-state index contributed by atoms with van der Waals surface area (Å²) >= 11 is 1.32. The molecule has 1 aromatic carbocycles. The number of piperidine rings is 1. The third-order valence-electron chi connectivity index (χ3n) is 4.44. The van der Waals surface area contributed by atoms with Gasteiger partial charge in [0.05, 0.1) is 16.8 Å². The third-order valence-corrected chi connectivity index (χ3v) is 5.41. The van der Waals surface area contributed by atoms with Gasteiger partial charge >= 0.3 is 0 Å². The minimum absolute atomic E-state index is 0.112. The summed E-state index contributed by atoms with van der Waals surface area (Å²) in [6, 6.07) is 7.62. The zero-order valence-corrected chi connectivity index (χ0v) is 14.5. The van der Waals surface area contributed by atoms with Crippen molar-refractivity contribution in [2.75, 3.05) is 25.6 Å². The number of carbonyl (C=O) groups is 1. The van der Waals surface area contributed by atoms with Crippen LogP contribution < -0.4 is 9.47 Å². The summed E-state index contributed by atoms with van der Waals surface area (Å²) in [5.74, 6) is 1.74. The van der Waals surface area contributed by atoms with E-state index in [4.69, 9.17) is 9.47 Å². The van der Waals surface area contributed by atoms with Crippen molar-refractivity contribution in [2.24, 2.45) is 0 Å². The monoisotopic (exact) mass is 355 g/mol. The Morgan fingerprint density at radius 3 is 2.72 bits per heavy atom. The molecule has 1 aromatic heterocycles. The number of fused-ring (bicyclic) bond motifs is 2. The van der Waals surface area contributed by atoms with Crippen LogP contribution in [-0.2, 0) is 4.79 Å². The number of thioether (sulfide) groups is 1. The minimum atomic E-state index is 0.112. The molecule has 25 heavy (non-hydrogen) atoms. The van der Waals surface area contributed by atoms with Crippen LogP contribution in [0.2, 0.25) is 0 Å². The highest BCUT2D eigenvalue weighted by Gasteiger charge is 2.19. The largest absolute Gasteiger partial charge is 0.454 e. The Morgan fingerprint density at radius 2 is 1.96 bits per heavy atom. The summed E-state index contributed by atoms with van der Waals surface area (Å²) in [4.78, 5) is 18.8. The molecule has 1 amide bonds. The molecule has 6 nitrogen and oxygen atoms in total. The molecule has 3 heterocycles. The molecule has 0 unspecified atom stereocenters. The number of aromatic nitrogens is 1. The van der Waals surface area contributed by atoms with Crippen LogP contribution in [0, 0.1) is 11.3 Å². The summed E-state index contributed by atoms with van der Waals surface area (Å²) in [5, 5.41) is 10.8. The number of amides is 1. The van der Waals surface area contributed by atoms with Gasteiger partial charge in [-0.3, -0.25) is 4.79 Å². The molecule has 2 aliphatic heterocycles. The van der Waals surface area contributed by atoms with Crippen LogP contribution >= 0.6 is 11.8 Å². The first-order valence-corrected chi connectivity index (χ1v) is 9.28. The Labute approximate surface area is 149 Å². The van der Waals surface area contributed by atoms with Crippen LogP contribution in [0.5, 0.6) is 11.5 Å². The van der Waals surface area contributed by atoms with Crippen molar-refractivity contribution in [3.05, 3.63) is 23.8 Å². The molecule has 0 spiro atoms. The first-order chi connectivity index (χ1) is 12.2. The lowest BCUT2D eigenvalue weighted by molar-refractivity contribution is -0.129. The molecular weight excluding hydrogens is 338 g/mol. The number of carbonyl (C=O) groups excluding carboxylic acids is 1. The fourth-order valence-corrected chi connectivity index (χ4v) is 3.97. The van der Waals surface area contributed by atoms with Crippen LogP contribution in [0.15, 0.2) is 23.2 Å². The van der Waals surface area contributed by atoms with E-state index in [0.29, 0.717) is 27.8 Å². The van der Waals surface area contributed by atoms with Gasteiger partial charge in [-0.25, -0.2) is 4.98 Å². The summed E-state index contributed by atoms with van der Waals surface area (Å²) in [6.07, 6.45) is 3.33. The first-order valence-electron chi connectivity index (χ1n) is 8.30. The molecule has 2 aliphatic rings. The molecule has 1 fully saturated rings. The van der Waals surface area contributed by atoms with Gasteiger partial charge in [-0.1, -0.05) is 11.8 Å². The van der Waals surface area contributed by atoms with Crippen LogP contribution in [0.4, 0.5) is 0 Å². The second-order valence-electron chi connectivity index (χ2n) is 6.08. The van der Waals surface area contributed by atoms with Gasteiger partial charge in [-0.05, 0) is 31.4 Å². The molecule has 1 saturated heterocycles. The van der Waals surface area contributed by atoms with Gasteiger partial charge in [0, 0.05) is 24.5 Å². The van der Waals surface area contributed by atoms with Crippen molar-refractivity contribution in [3.8, 4) is 17.6 Å². The third kappa shape index (κ3) is 3.22. The van der Waals surface area contributed by atoms with E-state index in [1.165, 1.54) is 18.2 Å². The van der Waals surface area contributed by atoms with Gasteiger partial charge in [0.25, 0.3) is 0 Å². The normalized spacial score (nSPS) is 16.0. The average molecular weight is 355 g/mol. The molecule has 0 aliphatic carbocycles. The number of pyridine rings is 1. The molecule has 2 aromatic rings. The number of benzene rings is 1. The number of ether oxygens (including phenoxy) is 2. The lowest BCUT2D eigenvalue weighted by Gasteiger charge is -2.26. The predicted octanol–water partition coefficient (Wildman–Crippen LogP) is 2.94. The number of hydrogen-bond donors (Lipinski definition) is 0. The van der Waals surface area contributed by atoms with Gasteiger partial charge in [0.1, 0.15) is 11.1 Å². The van der Waals surface area contributed by atoms with Gasteiger partial charge in [-0.15, -0.1) is 0 Å². The zero-order valence-electron chi connectivity index (χ0n) is 13.7. The average Bonchev–Trinajstić information content (AvgIpc) is 3.11. The molecular formula is C18H17N3O3S.